The molecule has 1 atom stereocenters. The highest BCUT2D eigenvalue weighted by Gasteiger charge is 2.51. The highest BCUT2D eigenvalue weighted by molar-refractivity contribution is 6.14. The standard InChI is InChI=1S/C42H31NO/c1-26-12-16-28(17-13-26)40(43-3)30-20-22-34-32-8-4-6-10-36(32)42(38(34)24-30)37-11-7-5-9-33(37)35-23-21-31(25-39(35)42)41(44)29-18-14-27(2)15-19-29/h4-25H,1-3H3/b43-40+. The highest BCUT2D eigenvalue weighted by atomic mass is 16.1. The first kappa shape index (κ1) is 26.3. The Labute approximate surface area is 258 Å². The summed E-state index contributed by atoms with van der Waals surface area (Å²) in [6, 6.07) is 47.1. The number of hydrogen-bond donors (Lipinski definition) is 0. The van der Waals surface area contributed by atoms with Gasteiger partial charge in [-0.1, -0.05) is 132 Å². The summed E-state index contributed by atoms with van der Waals surface area (Å²) in [5.41, 5.74) is 16.1. The number of benzene rings is 6. The van der Waals surface area contributed by atoms with Crippen LogP contribution in [-0.2, 0) is 5.41 Å². The second kappa shape index (κ2) is 9.86. The van der Waals surface area contributed by atoms with Gasteiger partial charge in [-0.2, -0.15) is 0 Å². The summed E-state index contributed by atoms with van der Waals surface area (Å²) in [6.07, 6.45) is 0. The van der Waals surface area contributed by atoms with E-state index in [1.165, 1.54) is 44.5 Å². The summed E-state index contributed by atoms with van der Waals surface area (Å²) in [7, 11) is 1.87. The van der Waals surface area contributed by atoms with Crippen molar-refractivity contribution < 1.29 is 4.79 Å². The number of carbonyl (C=O) groups excluding carboxylic acids is 1. The molecule has 6 aromatic rings. The van der Waals surface area contributed by atoms with Crippen LogP contribution in [0.1, 0.15) is 60.4 Å². The predicted molar refractivity (Wildman–Crippen MR) is 180 cm³/mol. The maximum absolute atomic E-state index is 13.9. The molecule has 0 aromatic heterocycles. The fourth-order valence-electron chi connectivity index (χ4n) is 7.44. The minimum absolute atomic E-state index is 0.0407. The van der Waals surface area contributed by atoms with Crippen molar-refractivity contribution in [2.45, 2.75) is 19.3 Å². The summed E-state index contributed by atoms with van der Waals surface area (Å²) in [5.74, 6) is 0.0407. The topological polar surface area (TPSA) is 29.4 Å². The third-order valence-electron chi connectivity index (χ3n) is 9.49. The van der Waals surface area contributed by atoms with Gasteiger partial charge in [0.15, 0.2) is 5.78 Å². The number of nitrogens with zero attached hydrogens (tertiary/aromatic N) is 1. The van der Waals surface area contributed by atoms with Gasteiger partial charge in [-0.15, -0.1) is 0 Å². The largest absolute Gasteiger partial charge is 0.289 e. The van der Waals surface area contributed by atoms with Crippen molar-refractivity contribution >= 4 is 11.5 Å². The first-order valence-corrected chi connectivity index (χ1v) is 15.1. The normalized spacial score (nSPS) is 15.9. The van der Waals surface area contributed by atoms with Crippen molar-refractivity contribution in [2.75, 3.05) is 7.05 Å². The summed E-state index contributed by atoms with van der Waals surface area (Å²) in [6.45, 7) is 4.15. The molecular weight excluding hydrogens is 534 g/mol. The number of fused-ring (bicyclic) bond motifs is 10. The van der Waals surface area contributed by atoms with Gasteiger partial charge in [-0.05, 0) is 70.5 Å². The van der Waals surface area contributed by atoms with Crippen molar-refractivity contribution in [3.8, 4) is 22.3 Å². The van der Waals surface area contributed by atoms with E-state index < -0.39 is 5.41 Å². The monoisotopic (exact) mass is 565 g/mol. The summed E-state index contributed by atoms with van der Waals surface area (Å²) in [4.78, 5) is 18.7. The highest BCUT2D eigenvalue weighted by Crippen LogP contribution is 2.63. The fourth-order valence-corrected chi connectivity index (χ4v) is 7.44. The van der Waals surface area contributed by atoms with Crippen LogP contribution in [0.3, 0.4) is 0 Å². The summed E-state index contributed by atoms with van der Waals surface area (Å²) in [5, 5.41) is 0. The molecule has 210 valence electrons. The number of carbonyl (C=O) groups is 1. The summed E-state index contributed by atoms with van der Waals surface area (Å²) < 4.78 is 0. The van der Waals surface area contributed by atoms with Gasteiger partial charge in [0.05, 0.1) is 11.1 Å². The van der Waals surface area contributed by atoms with E-state index in [2.05, 4.69) is 110 Å². The van der Waals surface area contributed by atoms with Gasteiger partial charge >= 0.3 is 0 Å². The Morgan fingerprint density at radius 1 is 0.477 bits per heavy atom. The van der Waals surface area contributed by atoms with Crippen LogP contribution in [0, 0.1) is 13.8 Å². The molecule has 2 aliphatic carbocycles. The lowest BCUT2D eigenvalue weighted by atomic mass is 9.70. The zero-order valence-corrected chi connectivity index (χ0v) is 25.1. The third-order valence-corrected chi connectivity index (χ3v) is 9.49. The van der Waals surface area contributed by atoms with E-state index in [0.29, 0.717) is 11.1 Å². The molecule has 1 spiro atoms. The first-order valence-electron chi connectivity index (χ1n) is 15.1. The number of aryl methyl sites for hydroxylation is 2. The lowest BCUT2D eigenvalue weighted by Crippen LogP contribution is -2.26. The van der Waals surface area contributed by atoms with Crippen molar-refractivity contribution in [1.29, 1.82) is 0 Å². The predicted octanol–water partition coefficient (Wildman–Crippen LogP) is 9.35. The van der Waals surface area contributed by atoms with Crippen LogP contribution in [0.2, 0.25) is 0 Å². The molecule has 0 saturated carbocycles. The van der Waals surface area contributed by atoms with E-state index in [1.54, 1.807) is 0 Å². The fraction of sp³-hybridized carbons (Fsp3) is 0.0952. The lowest BCUT2D eigenvalue weighted by Gasteiger charge is -2.31. The molecule has 0 aliphatic heterocycles. The average molecular weight is 566 g/mol. The maximum atomic E-state index is 13.9. The van der Waals surface area contributed by atoms with E-state index in [9.17, 15) is 4.79 Å². The van der Waals surface area contributed by atoms with Gasteiger partial charge in [-0.3, -0.25) is 9.79 Å². The van der Waals surface area contributed by atoms with E-state index in [4.69, 9.17) is 4.99 Å². The zero-order chi connectivity index (χ0) is 30.0. The lowest BCUT2D eigenvalue weighted by molar-refractivity contribution is 0.103. The van der Waals surface area contributed by atoms with Gasteiger partial charge in [0, 0.05) is 29.3 Å². The zero-order valence-electron chi connectivity index (χ0n) is 25.1. The summed E-state index contributed by atoms with van der Waals surface area (Å²) >= 11 is 0. The van der Waals surface area contributed by atoms with Gasteiger partial charge in [0.1, 0.15) is 0 Å². The van der Waals surface area contributed by atoms with E-state index >= 15 is 0 Å². The van der Waals surface area contributed by atoms with Crippen molar-refractivity contribution in [3.63, 3.8) is 0 Å². The molecule has 2 aliphatic rings. The molecule has 1 unspecified atom stereocenters. The Balaban J connectivity index is 1.40. The van der Waals surface area contributed by atoms with Gasteiger partial charge in [0.2, 0.25) is 0 Å². The number of rotatable bonds is 4. The Kier molecular flexibility index (Phi) is 5.89. The average Bonchev–Trinajstić information content (AvgIpc) is 3.53. The molecule has 0 bridgehead atoms. The van der Waals surface area contributed by atoms with E-state index in [-0.39, 0.29) is 5.78 Å². The molecule has 2 nitrogen and oxygen atoms in total. The van der Waals surface area contributed by atoms with Crippen LogP contribution < -0.4 is 0 Å². The van der Waals surface area contributed by atoms with Crippen molar-refractivity contribution in [1.82, 2.24) is 0 Å². The molecular formula is C42H31NO. The molecule has 0 saturated heterocycles. The van der Waals surface area contributed by atoms with E-state index in [1.807, 2.05) is 44.3 Å². The molecule has 0 radical (unpaired) electrons. The van der Waals surface area contributed by atoms with Crippen LogP contribution in [-0.4, -0.2) is 18.5 Å². The number of ketones is 1. The van der Waals surface area contributed by atoms with Gasteiger partial charge in [-0.25, -0.2) is 0 Å². The van der Waals surface area contributed by atoms with Crippen molar-refractivity contribution in [2.24, 2.45) is 4.99 Å². The molecule has 8 rings (SSSR count). The quantitative estimate of drug-likeness (QED) is 0.154. The third kappa shape index (κ3) is 3.67. The van der Waals surface area contributed by atoms with E-state index in [0.717, 1.165) is 28.0 Å². The number of aliphatic imine (C=N–C) groups is 1. The van der Waals surface area contributed by atoms with Gasteiger partial charge in [0.25, 0.3) is 0 Å². The smallest absolute Gasteiger partial charge is 0.193 e. The van der Waals surface area contributed by atoms with Crippen LogP contribution in [0.25, 0.3) is 22.3 Å². The minimum atomic E-state index is -0.552. The molecule has 0 amide bonds. The van der Waals surface area contributed by atoms with Crippen LogP contribution >= 0.6 is 0 Å². The molecule has 44 heavy (non-hydrogen) atoms. The molecule has 2 heteroatoms. The SMILES string of the molecule is C/N=C(\c1ccc(C)cc1)c1ccc2c(c1)C1(c3ccccc3-c3ccc(C(=O)c4ccc(C)cc4)cc31)c1ccccc1-2. The second-order valence-corrected chi connectivity index (χ2v) is 12.0. The van der Waals surface area contributed by atoms with Crippen LogP contribution in [0.4, 0.5) is 0 Å². The molecule has 6 aromatic carbocycles. The molecule has 0 fully saturated rings. The number of hydrogen-bond acceptors (Lipinski definition) is 2. The molecule has 0 heterocycles. The Morgan fingerprint density at radius 2 is 0.909 bits per heavy atom. The Hall–Kier alpha value is -5.34. The first-order chi connectivity index (χ1) is 21.5. The molecule has 0 N–H and O–H groups in total. The second-order valence-electron chi connectivity index (χ2n) is 12.0. The van der Waals surface area contributed by atoms with Crippen molar-refractivity contribution in [3.05, 3.63) is 189 Å². The minimum Gasteiger partial charge on any atom is -0.289 e. The Morgan fingerprint density at radius 3 is 1.45 bits per heavy atom. The van der Waals surface area contributed by atoms with Crippen LogP contribution in [0.5, 0.6) is 0 Å². The van der Waals surface area contributed by atoms with Gasteiger partial charge < -0.3 is 0 Å². The Bertz CT molecular complexity index is 2140. The maximum Gasteiger partial charge on any atom is 0.193 e. The van der Waals surface area contributed by atoms with Crippen LogP contribution in [0.15, 0.2) is 138 Å².